The molecule has 208 valence electrons. The monoisotopic (exact) mass is 654 g/mol. The molecular weight excluding hydrogens is 625 g/mol. The number of hydrogen-bond acceptors (Lipinski definition) is 6. The quantitative estimate of drug-likeness (QED) is 0.180. The van der Waals surface area contributed by atoms with E-state index in [2.05, 4.69) is 54.7 Å². The summed E-state index contributed by atoms with van der Waals surface area (Å²) < 4.78 is 73.7. The molecule has 2 aromatic heterocycles. The third-order valence-electron chi connectivity index (χ3n) is 5.93. The van der Waals surface area contributed by atoms with Crippen molar-refractivity contribution in [3.8, 4) is 12.1 Å². The van der Waals surface area contributed by atoms with Crippen LogP contribution in [0.1, 0.15) is 81.6 Å². The van der Waals surface area contributed by atoms with Crippen LogP contribution in [0.5, 0.6) is 0 Å². The fraction of sp³-hybridized carbons (Fsp3) is 0.600. The van der Waals surface area contributed by atoms with Crippen LogP contribution < -0.4 is 0 Å². The lowest BCUT2D eigenvalue weighted by Crippen LogP contribution is -2.22. The van der Waals surface area contributed by atoms with Gasteiger partial charge in [0.05, 0.1) is 23.5 Å². The largest absolute Gasteiger partial charge is 0.451 e. The molecule has 2 saturated carbocycles. The summed E-state index contributed by atoms with van der Waals surface area (Å²) in [6, 6.07) is 4.25. The average Bonchev–Trinajstić information content (AvgIpc) is 3.80. The van der Waals surface area contributed by atoms with Crippen LogP contribution in [0.25, 0.3) is 0 Å². The third kappa shape index (κ3) is 9.97. The number of nitrogens with zero attached hydrogens (tertiary/aromatic N) is 6. The van der Waals surface area contributed by atoms with Crippen molar-refractivity contribution in [1.82, 2.24) is 19.9 Å². The van der Waals surface area contributed by atoms with Gasteiger partial charge in [-0.2, -0.15) is 36.9 Å². The van der Waals surface area contributed by atoms with Crippen LogP contribution in [0, 0.1) is 34.5 Å². The molecule has 0 bridgehead atoms. The van der Waals surface area contributed by atoms with Crippen LogP contribution in [0.2, 0.25) is 0 Å². The Labute approximate surface area is 232 Å². The maximum Gasteiger partial charge on any atom is 0.451 e. The molecule has 2 aliphatic carbocycles. The van der Waals surface area contributed by atoms with Crippen molar-refractivity contribution in [3.63, 3.8) is 0 Å². The van der Waals surface area contributed by atoms with Gasteiger partial charge < -0.3 is 0 Å². The van der Waals surface area contributed by atoms with Crippen LogP contribution in [0.15, 0.2) is 24.8 Å². The highest BCUT2D eigenvalue weighted by Crippen LogP contribution is 2.41. The van der Waals surface area contributed by atoms with Crippen LogP contribution >= 0.6 is 22.6 Å². The minimum Gasteiger partial charge on any atom is -0.233 e. The fourth-order valence-corrected chi connectivity index (χ4v) is 3.50. The van der Waals surface area contributed by atoms with Gasteiger partial charge in [0.1, 0.15) is 0 Å². The van der Waals surface area contributed by atoms with Crippen molar-refractivity contribution in [2.75, 3.05) is 4.93 Å². The molecule has 2 heterocycles. The Bertz CT molecular complexity index is 1080. The molecule has 13 heteroatoms. The first-order chi connectivity index (χ1) is 17.4. The van der Waals surface area contributed by atoms with Crippen LogP contribution in [-0.4, -0.2) is 24.9 Å². The van der Waals surface area contributed by atoms with Gasteiger partial charge >= 0.3 is 12.4 Å². The van der Waals surface area contributed by atoms with E-state index in [1.807, 2.05) is 4.93 Å². The molecule has 38 heavy (non-hydrogen) atoms. The summed E-state index contributed by atoms with van der Waals surface area (Å²) in [6.45, 7) is 1.72. The first kappa shape index (κ1) is 33.5. The van der Waals surface area contributed by atoms with E-state index in [1.54, 1.807) is 6.92 Å². The van der Waals surface area contributed by atoms with Crippen LogP contribution in [0.3, 0.4) is 0 Å². The Kier molecular flexibility index (Phi) is 12.3. The molecule has 0 spiro atoms. The Balaban J connectivity index is 0.000000349. The second-order valence-corrected chi connectivity index (χ2v) is 9.08. The van der Waals surface area contributed by atoms with Crippen LogP contribution in [0.4, 0.5) is 26.3 Å². The van der Waals surface area contributed by atoms with E-state index in [0.717, 1.165) is 50.5 Å². The van der Waals surface area contributed by atoms with E-state index in [9.17, 15) is 31.6 Å². The summed E-state index contributed by atoms with van der Waals surface area (Å²) in [4.78, 5) is 15.1. The summed E-state index contributed by atoms with van der Waals surface area (Å²) in [5.74, 6) is -1.70. The second-order valence-electron chi connectivity index (χ2n) is 9.08. The fourth-order valence-electron chi connectivity index (χ4n) is 3.50. The highest BCUT2D eigenvalue weighted by Gasteiger charge is 2.38. The molecular formula is C25H29F6IN6. The second kappa shape index (κ2) is 14.0. The molecule has 0 aromatic carbocycles. The molecule has 0 aliphatic heterocycles. The Morgan fingerprint density at radius 1 is 0.842 bits per heavy atom. The van der Waals surface area contributed by atoms with Gasteiger partial charge in [0.15, 0.2) is 0 Å². The van der Waals surface area contributed by atoms with E-state index < -0.39 is 35.3 Å². The van der Waals surface area contributed by atoms with Crippen molar-refractivity contribution >= 4 is 22.6 Å². The van der Waals surface area contributed by atoms with Gasteiger partial charge in [-0.3, -0.25) is 0 Å². The number of halogens is 7. The topological polar surface area (TPSA) is 99.1 Å². The van der Waals surface area contributed by atoms with Gasteiger partial charge in [-0.1, -0.05) is 55.7 Å². The van der Waals surface area contributed by atoms with E-state index in [4.69, 9.17) is 5.26 Å². The van der Waals surface area contributed by atoms with E-state index in [-0.39, 0.29) is 7.43 Å². The summed E-state index contributed by atoms with van der Waals surface area (Å²) >= 11 is 2.15. The zero-order chi connectivity index (χ0) is 27.9. The van der Waals surface area contributed by atoms with Crippen molar-refractivity contribution in [2.45, 2.75) is 76.6 Å². The normalized spacial score (nSPS) is 17.0. The summed E-state index contributed by atoms with van der Waals surface area (Å²) in [5, 5.41) is 18.2. The van der Waals surface area contributed by atoms with Crippen molar-refractivity contribution < 1.29 is 26.3 Å². The minimum absolute atomic E-state index is 0. The third-order valence-corrected chi connectivity index (χ3v) is 5.93. The number of rotatable bonds is 6. The van der Waals surface area contributed by atoms with Gasteiger partial charge in [-0.25, -0.2) is 19.9 Å². The Hall–Kier alpha value is -2.55. The Morgan fingerprint density at radius 3 is 1.61 bits per heavy atom. The molecule has 6 nitrogen and oxygen atoms in total. The molecule has 2 unspecified atom stereocenters. The smallest absolute Gasteiger partial charge is 0.233 e. The zero-order valence-electron chi connectivity index (χ0n) is 20.1. The van der Waals surface area contributed by atoms with Crippen molar-refractivity contribution in [3.05, 3.63) is 47.6 Å². The highest BCUT2D eigenvalue weighted by atomic mass is 127. The molecule has 4 rings (SSSR count). The molecule has 2 fully saturated rings. The first-order valence-corrected chi connectivity index (χ1v) is 13.5. The van der Waals surface area contributed by atoms with Gasteiger partial charge in [-0.05, 0) is 36.5 Å². The molecule has 2 aromatic rings. The van der Waals surface area contributed by atoms with E-state index in [0.29, 0.717) is 35.8 Å². The number of nitriles is 2. The standard InChI is InChI=1S/C12H12F3N3.C11H10F3N3.CH3I.CH4/c1-11(7-16,4-8-2-3-8)9-5-17-10(18-6-9)12(13,14)15;12-11(13,14)10-16-5-9(6-17-10)8(4-15)3-7-1-2-7;1-2;/h5-6,8H,2-4H2,1H3;5-8H,1-3H2;1H3;1H4. The number of hydrogen-bond donors (Lipinski definition) is 0. The van der Waals surface area contributed by atoms with Crippen molar-refractivity contribution in [1.29, 1.82) is 10.5 Å². The number of aromatic nitrogens is 4. The predicted octanol–water partition coefficient (Wildman–Crippen LogP) is 7.67. The van der Waals surface area contributed by atoms with Gasteiger partial charge in [0.25, 0.3) is 0 Å². The maximum absolute atomic E-state index is 12.3. The molecule has 0 saturated heterocycles. The lowest BCUT2D eigenvalue weighted by Gasteiger charge is -2.21. The van der Waals surface area contributed by atoms with E-state index >= 15 is 0 Å². The first-order valence-electron chi connectivity index (χ1n) is 11.3. The molecule has 2 aliphatic rings. The Morgan fingerprint density at radius 2 is 1.26 bits per heavy atom. The van der Waals surface area contributed by atoms with Gasteiger partial charge in [0, 0.05) is 35.9 Å². The lowest BCUT2D eigenvalue weighted by atomic mass is 9.81. The van der Waals surface area contributed by atoms with Crippen LogP contribution in [-0.2, 0) is 17.8 Å². The lowest BCUT2D eigenvalue weighted by molar-refractivity contribution is -0.145. The highest BCUT2D eigenvalue weighted by molar-refractivity contribution is 14.1. The average molecular weight is 654 g/mol. The number of alkyl halides is 7. The van der Waals surface area contributed by atoms with Gasteiger partial charge in [-0.15, -0.1) is 0 Å². The van der Waals surface area contributed by atoms with Crippen molar-refractivity contribution in [2.24, 2.45) is 11.8 Å². The zero-order valence-corrected chi connectivity index (χ0v) is 22.3. The molecule has 2 atom stereocenters. The molecule has 0 radical (unpaired) electrons. The summed E-state index contributed by atoms with van der Waals surface area (Å²) in [6.07, 6.45) is 1.05. The maximum atomic E-state index is 12.3. The minimum atomic E-state index is -4.54. The van der Waals surface area contributed by atoms with Gasteiger partial charge in [0.2, 0.25) is 11.6 Å². The van der Waals surface area contributed by atoms with E-state index in [1.165, 1.54) is 0 Å². The summed E-state index contributed by atoms with van der Waals surface area (Å²) in [5.41, 5.74) is 0.114. The molecule has 0 amide bonds. The predicted molar refractivity (Wildman–Crippen MR) is 137 cm³/mol. The SMILES string of the molecule is C.CC(C#N)(CC1CC1)c1cnc(C(F)(F)F)nc1.CI.N#CC(CC1CC1)c1cnc(C(F)(F)F)nc1. The summed E-state index contributed by atoms with van der Waals surface area (Å²) in [7, 11) is 0. The molecule has 0 N–H and O–H groups in total.